The molecular weight excluding hydrogens is 280 g/mol. The van der Waals surface area contributed by atoms with Crippen LogP contribution in [0.25, 0.3) is 0 Å². The van der Waals surface area contributed by atoms with Crippen LogP contribution in [0.1, 0.15) is 30.0 Å². The molecule has 21 heavy (non-hydrogen) atoms. The first-order valence-electron chi connectivity index (χ1n) is 7.59. The van der Waals surface area contributed by atoms with Crippen LogP contribution < -0.4 is 10.6 Å². The normalized spacial score (nSPS) is 16.2. The number of rotatable bonds is 3. The lowest BCUT2D eigenvalue weighted by molar-refractivity contribution is 0.611. The molecule has 3 heteroatoms. The highest BCUT2D eigenvalue weighted by molar-refractivity contribution is 6.30. The smallest absolute Gasteiger partial charge is 0.0664 e. The average molecular weight is 301 g/mol. The zero-order chi connectivity index (χ0) is 14.7. The maximum Gasteiger partial charge on any atom is 0.0664 e. The quantitative estimate of drug-likeness (QED) is 0.921. The second-order valence-electron chi connectivity index (χ2n) is 5.58. The van der Waals surface area contributed by atoms with Crippen molar-refractivity contribution in [3.8, 4) is 0 Å². The molecule has 1 unspecified atom stereocenters. The van der Waals surface area contributed by atoms with Gasteiger partial charge in [0, 0.05) is 23.8 Å². The minimum Gasteiger partial charge on any atom is -0.363 e. The standard InChI is InChI=1S/C18H21ClN2/c19-16-10-8-15(9-11-16)18(13-20)21-12-4-3-6-14-5-1-2-7-17(14)21/h1-2,5,7-11,18H,3-4,6,12-13,20H2. The molecule has 1 aliphatic rings. The molecule has 0 aliphatic carbocycles. The van der Waals surface area contributed by atoms with E-state index in [0.29, 0.717) is 6.54 Å². The lowest BCUT2D eigenvalue weighted by atomic mass is 10.0. The van der Waals surface area contributed by atoms with Crippen molar-refractivity contribution in [3.05, 3.63) is 64.7 Å². The topological polar surface area (TPSA) is 29.3 Å². The van der Waals surface area contributed by atoms with Crippen LogP contribution in [-0.2, 0) is 6.42 Å². The number of hydrogen-bond acceptors (Lipinski definition) is 2. The van der Waals surface area contributed by atoms with Crippen molar-refractivity contribution in [2.24, 2.45) is 5.73 Å². The molecule has 1 atom stereocenters. The second-order valence-corrected chi connectivity index (χ2v) is 6.02. The molecule has 0 aromatic heterocycles. The lowest BCUT2D eigenvalue weighted by Crippen LogP contribution is -2.34. The molecule has 0 fully saturated rings. The fourth-order valence-electron chi connectivity index (χ4n) is 3.17. The first-order valence-corrected chi connectivity index (χ1v) is 7.97. The average Bonchev–Trinajstić information content (AvgIpc) is 2.73. The highest BCUT2D eigenvalue weighted by atomic mass is 35.5. The largest absolute Gasteiger partial charge is 0.363 e. The van der Waals surface area contributed by atoms with Gasteiger partial charge in [0.15, 0.2) is 0 Å². The monoisotopic (exact) mass is 300 g/mol. The van der Waals surface area contributed by atoms with E-state index in [1.54, 1.807) is 0 Å². The van der Waals surface area contributed by atoms with Crippen molar-refractivity contribution >= 4 is 17.3 Å². The minimum absolute atomic E-state index is 0.210. The van der Waals surface area contributed by atoms with Gasteiger partial charge in [0.05, 0.1) is 6.04 Å². The van der Waals surface area contributed by atoms with Gasteiger partial charge in [-0.15, -0.1) is 0 Å². The number of fused-ring (bicyclic) bond motifs is 1. The number of halogens is 1. The molecule has 2 N–H and O–H groups in total. The summed E-state index contributed by atoms with van der Waals surface area (Å²) in [5, 5.41) is 0.769. The third-order valence-electron chi connectivity index (χ3n) is 4.25. The maximum atomic E-state index is 6.11. The molecule has 2 nitrogen and oxygen atoms in total. The predicted octanol–water partition coefficient (Wildman–Crippen LogP) is 4.18. The Morgan fingerprint density at radius 1 is 1.05 bits per heavy atom. The van der Waals surface area contributed by atoms with Gasteiger partial charge in [0.25, 0.3) is 0 Å². The van der Waals surface area contributed by atoms with Crippen LogP contribution in [-0.4, -0.2) is 13.1 Å². The van der Waals surface area contributed by atoms with E-state index in [2.05, 4.69) is 41.3 Å². The van der Waals surface area contributed by atoms with Gasteiger partial charge in [-0.3, -0.25) is 0 Å². The van der Waals surface area contributed by atoms with Crippen LogP contribution in [0.15, 0.2) is 48.5 Å². The van der Waals surface area contributed by atoms with E-state index in [1.165, 1.54) is 29.7 Å². The Hall–Kier alpha value is -1.51. The number of aryl methyl sites for hydroxylation is 1. The van der Waals surface area contributed by atoms with Gasteiger partial charge in [-0.2, -0.15) is 0 Å². The van der Waals surface area contributed by atoms with Crippen LogP contribution >= 0.6 is 11.6 Å². The third-order valence-corrected chi connectivity index (χ3v) is 4.50. The highest BCUT2D eigenvalue weighted by Gasteiger charge is 2.23. The van der Waals surface area contributed by atoms with Crippen molar-refractivity contribution in [1.29, 1.82) is 0 Å². The van der Waals surface area contributed by atoms with E-state index in [0.717, 1.165) is 18.0 Å². The Morgan fingerprint density at radius 2 is 1.81 bits per heavy atom. The summed E-state index contributed by atoms with van der Waals surface area (Å²) in [4.78, 5) is 2.46. The van der Waals surface area contributed by atoms with Crippen molar-refractivity contribution < 1.29 is 0 Å². The summed E-state index contributed by atoms with van der Waals surface area (Å²) >= 11 is 6.01. The number of anilines is 1. The zero-order valence-corrected chi connectivity index (χ0v) is 12.9. The SMILES string of the molecule is NCC(c1ccc(Cl)cc1)N1CCCCc2ccccc21. The maximum absolute atomic E-state index is 6.11. The van der Waals surface area contributed by atoms with E-state index in [9.17, 15) is 0 Å². The molecule has 1 aliphatic heterocycles. The second kappa shape index (κ2) is 6.50. The number of para-hydroxylation sites is 1. The summed E-state index contributed by atoms with van der Waals surface area (Å²) in [6.07, 6.45) is 3.61. The van der Waals surface area contributed by atoms with Gasteiger partial charge in [-0.05, 0) is 48.6 Å². The van der Waals surface area contributed by atoms with Crippen LogP contribution in [0.5, 0.6) is 0 Å². The number of nitrogens with two attached hydrogens (primary N) is 1. The van der Waals surface area contributed by atoms with Gasteiger partial charge in [-0.25, -0.2) is 0 Å². The summed E-state index contributed by atoms with van der Waals surface area (Å²) in [6.45, 7) is 1.66. The molecule has 0 saturated carbocycles. The van der Waals surface area contributed by atoms with E-state index in [4.69, 9.17) is 17.3 Å². The molecule has 2 aromatic rings. The van der Waals surface area contributed by atoms with Crippen molar-refractivity contribution in [2.45, 2.75) is 25.3 Å². The lowest BCUT2D eigenvalue weighted by Gasteiger charge is -2.33. The Morgan fingerprint density at radius 3 is 2.57 bits per heavy atom. The first kappa shape index (κ1) is 14.4. The van der Waals surface area contributed by atoms with Crippen molar-refractivity contribution in [1.82, 2.24) is 0 Å². The molecule has 0 amide bonds. The fraction of sp³-hybridized carbons (Fsp3) is 0.333. The van der Waals surface area contributed by atoms with Crippen LogP contribution in [0.2, 0.25) is 5.02 Å². The van der Waals surface area contributed by atoms with Gasteiger partial charge >= 0.3 is 0 Å². The fourth-order valence-corrected chi connectivity index (χ4v) is 3.30. The Balaban J connectivity index is 1.98. The first-order chi connectivity index (χ1) is 10.3. The molecule has 1 heterocycles. The van der Waals surface area contributed by atoms with Gasteiger partial charge in [-0.1, -0.05) is 41.9 Å². The van der Waals surface area contributed by atoms with Crippen molar-refractivity contribution in [2.75, 3.05) is 18.0 Å². The number of nitrogens with zero attached hydrogens (tertiary/aromatic N) is 1. The molecule has 2 aromatic carbocycles. The molecule has 0 radical (unpaired) electrons. The van der Waals surface area contributed by atoms with Gasteiger partial charge in [0.1, 0.15) is 0 Å². The summed E-state index contributed by atoms with van der Waals surface area (Å²) in [6, 6.07) is 17.0. The Bertz CT molecular complexity index is 594. The highest BCUT2D eigenvalue weighted by Crippen LogP contribution is 2.33. The molecule has 0 spiro atoms. The summed E-state index contributed by atoms with van der Waals surface area (Å²) in [5.41, 5.74) is 10.1. The molecule has 0 saturated heterocycles. The number of benzene rings is 2. The molecule has 110 valence electrons. The zero-order valence-electron chi connectivity index (χ0n) is 12.1. The Labute approximate surface area is 131 Å². The third kappa shape index (κ3) is 3.07. The van der Waals surface area contributed by atoms with E-state index in [-0.39, 0.29) is 6.04 Å². The summed E-state index contributed by atoms with van der Waals surface area (Å²) < 4.78 is 0. The van der Waals surface area contributed by atoms with Crippen LogP contribution in [0.4, 0.5) is 5.69 Å². The van der Waals surface area contributed by atoms with Crippen LogP contribution in [0, 0.1) is 0 Å². The molecular formula is C18H21ClN2. The van der Waals surface area contributed by atoms with E-state index < -0.39 is 0 Å². The van der Waals surface area contributed by atoms with Gasteiger partial charge in [0.2, 0.25) is 0 Å². The summed E-state index contributed by atoms with van der Waals surface area (Å²) in [5.74, 6) is 0. The molecule has 0 bridgehead atoms. The Kier molecular flexibility index (Phi) is 4.47. The minimum atomic E-state index is 0.210. The number of hydrogen-bond donors (Lipinski definition) is 1. The van der Waals surface area contributed by atoms with E-state index >= 15 is 0 Å². The predicted molar refractivity (Wildman–Crippen MR) is 90.0 cm³/mol. The summed E-state index contributed by atoms with van der Waals surface area (Å²) in [7, 11) is 0. The van der Waals surface area contributed by atoms with Crippen molar-refractivity contribution in [3.63, 3.8) is 0 Å². The van der Waals surface area contributed by atoms with Crippen LogP contribution in [0.3, 0.4) is 0 Å². The van der Waals surface area contributed by atoms with E-state index in [1.807, 2.05) is 12.1 Å². The van der Waals surface area contributed by atoms with Gasteiger partial charge < -0.3 is 10.6 Å². The molecule has 3 rings (SSSR count).